The second-order valence-corrected chi connectivity index (χ2v) is 5.14. The third-order valence-electron chi connectivity index (χ3n) is 3.37. The first-order chi connectivity index (χ1) is 8.10. The minimum absolute atomic E-state index is 0.210. The summed E-state index contributed by atoms with van der Waals surface area (Å²) in [5.41, 5.74) is 0. The number of piperazine rings is 1. The summed E-state index contributed by atoms with van der Waals surface area (Å²) in [5.74, 6) is 0.631. The summed E-state index contributed by atoms with van der Waals surface area (Å²) in [4.78, 5) is 16.4. The van der Waals surface area contributed by atoms with E-state index in [1.54, 1.807) is 0 Å². The van der Waals surface area contributed by atoms with E-state index in [1.807, 2.05) is 18.7 Å². The van der Waals surface area contributed by atoms with E-state index in [0.29, 0.717) is 12.0 Å². The fourth-order valence-electron chi connectivity index (χ4n) is 2.44. The lowest BCUT2D eigenvalue weighted by Crippen LogP contribution is -2.57. The van der Waals surface area contributed by atoms with Crippen molar-refractivity contribution < 1.29 is 4.79 Å². The zero-order chi connectivity index (χ0) is 12.8. The average molecular weight is 241 g/mol. The molecule has 1 rings (SSSR count). The van der Waals surface area contributed by atoms with Crippen LogP contribution >= 0.6 is 0 Å². The maximum atomic E-state index is 12.4. The molecule has 0 radical (unpaired) electrons. The van der Waals surface area contributed by atoms with Gasteiger partial charge in [-0.1, -0.05) is 13.8 Å². The van der Waals surface area contributed by atoms with Gasteiger partial charge in [0, 0.05) is 38.8 Å². The molecule has 1 saturated heterocycles. The molecule has 17 heavy (non-hydrogen) atoms. The number of amides is 2. The maximum absolute atomic E-state index is 12.4. The van der Waals surface area contributed by atoms with Gasteiger partial charge in [-0.2, -0.15) is 0 Å². The number of hydrogen-bond donors (Lipinski definition) is 1. The van der Waals surface area contributed by atoms with Gasteiger partial charge in [0.15, 0.2) is 0 Å². The topological polar surface area (TPSA) is 35.6 Å². The summed E-state index contributed by atoms with van der Waals surface area (Å²) in [6, 6.07) is 0.569. The Balaban J connectivity index is 2.66. The molecule has 1 fully saturated rings. The zero-order valence-electron chi connectivity index (χ0n) is 11.7. The number of carbonyl (C=O) groups excluding carboxylic acids is 1. The summed E-state index contributed by atoms with van der Waals surface area (Å²) >= 11 is 0. The molecule has 1 aliphatic heterocycles. The Bertz CT molecular complexity index is 239. The van der Waals surface area contributed by atoms with Crippen molar-refractivity contribution in [2.24, 2.45) is 5.92 Å². The molecule has 0 aliphatic carbocycles. The van der Waals surface area contributed by atoms with Crippen LogP contribution in [0.3, 0.4) is 0 Å². The molecule has 1 aliphatic rings. The zero-order valence-corrected chi connectivity index (χ0v) is 11.7. The maximum Gasteiger partial charge on any atom is 0.320 e. The first-order valence-electron chi connectivity index (χ1n) is 6.86. The summed E-state index contributed by atoms with van der Waals surface area (Å²) in [6.45, 7) is 12.8. The minimum Gasteiger partial charge on any atom is -0.325 e. The van der Waals surface area contributed by atoms with Gasteiger partial charge in [-0.25, -0.2) is 4.79 Å². The van der Waals surface area contributed by atoms with E-state index < -0.39 is 0 Å². The summed E-state index contributed by atoms with van der Waals surface area (Å²) < 4.78 is 0. The van der Waals surface area contributed by atoms with Gasteiger partial charge < -0.3 is 15.1 Å². The Morgan fingerprint density at radius 1 is 1.41 bits per heavy atom. The van der Waals surface area contributed by atoms with Crippen molar-refractivity contribution in [2.45, 2.75) is 40.2 Å². The van der Waals surface area contributed by atoms with Crippen LogP contribution in [0.1, 0.15) is 34.1 Å². The highest BCUT2D eigenvalue weighted by Crippen LogP contribution is 2.15. The molecular formula is C13H27N3O. The van der Waals surface area contributed by atoms with Crippen LogP contribution in [0.2, 0.25) is 0 Å². The van der Waals surface area contributed by atoms with Gasteiger partial charge in [0.2, 0.25) is 0 Å². The highest BCUT2D eigenvalue weighted by molar-refractivity contribution is 5.75. The largest absolute Gasteiger partial charge is 0.325 e. The van der Waals surface area contributed by atoms with Crippen LogP contribution in [-0.4, -0.2) is 54.6 Å². The van der Waals surface area contributed by atoms with E-state index >= 15 is 0 Å². The molecule has 1 N–H and O–H groups in total. The van der Waals surface area contributed by atoms with Crippen molar-refractivity contribution in [3.8, 4) is 0 Å². The molecule has 100 valence electrons. The van der Waals surface area contributed by atoms with Crippen LogP contribution in [0.5, 0.6) is 0 Å². The minimum atomic E-state index is 0.210. The van der Waals surface area contributed by atoms with Crippen LogP contribution in [0.4, 0.5) is 4.79 Å². The van der Waals surface area contributed by atoms with Crippen LogP contribution in [0.15, 0.2) is 0 Å². The van der Waals surface area contributed by atoms with Gasteiger partial charge in [-0.15, -0.1) is 0 Å². The molecule has 4 nitrogen and oxygen atoms in total. The highest BCUT2D eigenvalue weighted by atomic mass is 16.2. The Labute approximate surface area is 105 Å². The molecule has 0 aromatic heterocycles. The normalized spacial score (nSPS) is 20.8. The van der Waals surface area contributed by atoms with E-state index in [-0.39, 0.29) is 6.03 Å². The van der Waals surface area contributed by atoms with Gasteiger partial charge >= 0.3 is 6.03 Å². The second kappa shape index (κ2) is 6.84. The van der Waals surface area contributed by atoms with Gasteiger partial charge in [-0.3, -0.25) is 0 Å². The first-order valence-corrected chi connectivity index (χ1v) is 6.86. The number of nitrogens with zero attached hydrogens (tertiary/aromatic N) is 2. The average Bonchev–Trinajstić information content (AvgIpc) is 2.30. The molecule has 1 atom stereocenters. The Morgan fingerprint density at radius 3 is 2.59 bits per heavy atom. The molecule has 2 amide bonds. The predicted octanol–water partition coefficient (Wildman–Crippen LogP) is 1.77. The lowest BCUT2D eigenvalue weighted by molar-refractivity contribution is 0.116. The monoisotopic (exact) mass is 241 g/mol. The fourth-order valence-corrected chi connectivity index (χ4v) is 2.44. The van der Waals surface area contributed by atoms with E-state index in [9.17, 15) is 4.79 Å². The number of nitrogens with one attached hydrogen (secondary N) is 1. The molecule has 0 saturated carbocycles. The highest BCUT2D eigenvalue weighted by Gasteiger charge is 2.29. The van der Waals surface area contributed by atoms with E-state index in [1.165, 1.54) is 0 Å². The Morgan fingerprint density at radius 2 is 2.06 bits per heavy atom. The lowest BCUT2D eigenvalue weighted by Gasteiger charge is -2.39. The van der Waals surface area contributed by atoms with Gasteiger partial charge in [0.1, 0.15) is 0 Å². The number of urea groups is 1. The van der Waals surface area contributed by atoms with Crippen LogP contribution in [0, 0.1) is 5.92 Å². The molecule has 0 aromatic rings. The van der Waals surface area contributed by atoms with Crippen molar-refractivity contribution in [1.82, 2.24) is 15.1 Å². The molecule has 1 unspecified atom stereocenters. The van der Waals surface area contributed by atoms with Crippen LogP contribution < -0.4 is 5.32 Å². The third kappa shape index (κ3) is 3.87. The van der Waals surface area contributed by atoms with Crippen molar-refractivity contribution in [1.29, 1.82) is 0 Å². The smallest absolute Gasteiger partial charge is 0.320 e. The number of carbonyl (C=O) groups is 1. The van der Waals surface area contributed by atoms with Crippen molar-refractivity contribution in [2.75, 3.05) is 32.7 Å². The molecule has 0 bridgehead atoms. The lowest BCUT2D eigenvalue weighted by atomic mass is 10.0. The summed E-state index contributed by atoms with van der Waals surface area (Å²) in [5, 5.41) is 3.39. The van der Waals surface area contributed by atoms with Crippen LogP contribution in [0.25, 0.3) is 0 Å². The molecule has 4 heteroatoms. The molecule has 0 spiro atoms. The van der Waals surface area contributed by atoms with Crippen LogP contribution in [-0.2, 0) is 0 Å². The fraction of sp³-hybridized carbons (Fsp3) is 0.923. The first kappa shape index (κ1) is 14.3. The second-order valence-electron chi connectivity index (χ2n) is 5.14. The van der Waals surface area contributed by atoms with Crippen molar-refractivity contribution in [3.05, 3.63) is 0 Å². The predicted molar refractivity (Wildman–Crippen MR) is 71.1 cm³/mol. The third-order valence-corrected chi connectivity index (χ3v) is 3.37. The molecular weight excluding hydrogens is 214 g/mol. The van der Waals surface area contributed by atoms with Gasteiger partial charge in [-0.05, 0) is 26.2 Å². The molecule has 1 heterocycles. The van der Waals surface area contributed by atoms with E-state index in [4.69, 9.17) is 0 Å². The SMILES string of the molecule is CCN(CC)C(=O)N1CCNCC1CC(C)C. The summed E-state index contributed by atoms with van der Waals surface area (Å²) in [7, 11) is 0. The van der Waals surface area contributed by atoms with E-state index in [0.717, 1.165) is 39.1 Å². The molecule has 0 aromatic carbocycles. The van der Waals surface area contributed by atoms with Crippen molar-refractivity contribution >= 4 is 6.03 Å². The quantitative estimate of drug-likeness (QED) is 0.814. The van der Waals surface area contributed by atoms with Crippen molar-refractivity contribution in [3.63, 3.8) is 0 Å². The number of hydrogen-bond acceptors (Lipinski definition) is 2. The standard InChI is InChI=1S/C13H27N3O/c1-5-15(6-2)13(17)16-8-7-14-10-12(16)9-11(3)4/h11-12,14H,5-10H2,1-4H3. The summed E-state index contributed by atoms with van der Waals surface area (Å²) in [6.07, 6.45) is 1.08. The number of rotatable bonds is 4. The Hall–Kier alpha value is -0.770. The van der Waals surface area contributed by atoms with Gasteiger partial charge in [0.05, 0.1) is 0 Å². The Kier molecular flexibility index (Phi) is 5.75. The van der Waals surface area contributed by atoms with E-state index in [2.05, 4.69) is 24.1 Å². The van der Waals surface area contributed by atoms with Gasteiger partial charge in [0.25, 0.3) is 0 Å².